The summed E-state index contributed by atoms with van der Waals surface area (Å²) in [6.45, 7) is 0. The third kappa shape index (κ3) is 2.15. The molecule has 0 aliphatic rings. The number of nitrogens with one attached hydrogen (secondary N) is 1. The van der Waals surface area contributed by atoms with Crippen molar-refractivity contribution < 1.29 is 8.78 Å². The van der Waals surface area contributed by atoms with E-state index in [4.69, 9.17) is 16.9 Å². The van der Waals surface area contributed by atoms with Gasteiger partial charge in [-0.05, 0) is 34.3 Å². The van der Waals surface area contributed by atoms with Crippen molar-refractivity contribution in [2.45, 2.75) is 0 Å². The van der Waals surface area contributed by atoms with Crippen molar-refractivity contribution in [1.82, 2.24) is 0 Å². The highest BCUT2D eigenvalue weighted by Crippen LogP contribution is 2.27. The lowest BCUT2D eigenvalue weighted by molar-refractivity contribution is 0.571. The Bertz CT molecular complexity index is 443. The fourth-order valence-electron chi connectivity index (χ4n) is 1.07. The molecule has 5 N–H and O–H groups in total. The smallest absolute Gasteiger partial charge is 0.151 e. The van der Waals surface area contributed by atoms with Gasteiger partial charge < -0.3 is 16.9 Å². The van der Waals surface area contributed by atoms with Crippen LogP contribution in [0.3, 0.4) is 0 Å². The van der Waals surface area contributed by atoms with Crippen LogP contribution < -0.4 is 11.5 Å². The zero-order chi connectivity index (χ0) is 11.6. The van der Waals surface area contributed by atoms with Gasteiger partial charge in [0.25, 0.3) is 0 Å². The minimum Gasteiger partial charge on any atom is -0.405 e. The third-order valence-corrected chi connectivity index (χ3v) is 2.45. The molecule has 1 aromatic carbocycles. The summed E-state index contributed by atoms with van der Waals surface area (Å²) in [6, 6.07) is 0.946. The molecule has 80 valence electrons. The molecule has 0 amide bonds. The van der Waals surface area contributed by atoms with Crippen LogP contribution in [0.25, 0.3) is 0 Å². The summed E-state index contributed by atoms with van der Waals surface area (Å²) in [6.07, 6.45) is 2.25. The topological polar surface area (TPSA) is 75.9 Å². The fourth-order valence-corrected chi connectivity index (χ4v) is 1.38. The predicted octanol–water partition coefficient (Wildman–Crippen LogP) is 2.15. The van der Waals surface area contributed by atoms with Gasteiger partial charge in [0.2, 0.25) is 0 Å². The summed E-state index contributed by atoms with van der Waals surface area (Å²) in [5.41, 5.74) is 9.94. The van der Waals surface area contributed by atoms with E-state index in [9.17, 15) is 8.78 Å². The van der Waals surface area contributed by atoms with Gasteiger partial charge in [-0.2, -0.15) is 0 Å². The van der Waals surface area contributed by atoms with Crippen molar-refractivity contribution >= 4 is 27.3 Å². The maximum Gasteiger partial charge on any atom is 0.151 e. The standard InChI is InChI=1S/C9H8BrF2N3/c10-8-4(11)3-6(15)7(9(8)12)5(14)1-2-13/h1-3,14H,13,15H2. The third-order valence-electron chi connectivity index (χ3n) is 1.73. The van der Waals surface area contributed by atoms with Gasteiger partial charge in [0.1, 0.15) is 5.82 Å². The molecule has 0 unspecified atom stereocenters. The van der Waals surface area contributed by atoms with Gasteiger partial charge in [0, 0.05) is 5.69 Å². The Morgan fingerprint density at radius 3 is 2.60 bits per heavy atom. The Labute approximate surface area is 93.4 Å². The van der Waals surface area contributed by atoms with Gasteiger partial charge in [-0.1, -0.05) is 0 Å². The SMILES string of the molecule is N=C(C=CN)c1c(N)cc(F)c(Br)c1F. The van der Waals surface area contributed by atoms with Crippen LogP contribution in [-0.2, 0) is 0 Å². The number of nitrogens with two attached hydrogens (primary N) is 2. The molecule has 1 rings (SSSR count). The molecule has 0 aliphatic heterocycles. The van der Waals surface area contributed by atoms with E-state index in [1.54, 1.807) is 0 Å². The summed E-state index contributed by atoms with van der Waals surface area (Å²) in [5, 5.41) is 7.45. The van der Waals surface area contributed by atoms with Crippen molar-refractivity contribution in [1.29, 1.82) is 5.41 Å². The van der Waals surface area contributed by atoms with Crippen molar-refractivity contribution in [3.63, 3.8) is 0 Å². The molecule has 0 atom stereocenters. The number of hydrogen-bond donors (Lipinski definition) is 3. The lowest BCUT2D eigenvalue weighted by Crippen LogP contribution is -2.07. The number of allylic oxidation sites excluding steroid dienone is 1. The Hall–Kier alpha value is -1.43. The number of anilines is 1. The van der Waals surface area contributed by atoms with Crippen LogP contribution in [0.1, 0.15) is 5.56 Å². The van der Waals surface area contributed by atoms with Crippen LogP contribution in [0.4, 0.5) is 14.5 Å². The van der Waals surface area contributed by atoms with E-state index in [0.29, 0.717) is 0 Å². The first-order chi connectivity index (χ1) is 6.99. The molecule has 3 nitrogen and oxygen atoms in total. The second-order valence-electron chi connectivity index (χ2n) is 2.72. The molecular formula is C9H8BrF2N3. The molecule has 0 aliphatic carbocycles. The molecule has 0 fully saturated rings. The molecule has 15 heavy (non-hydrogen) atoms. The number of nitrogen functional groups attached to an aromatic ring is 1. The van der Waals surface area contributed by atoms with Crippen LogP contribution in [0.5, 0.6) is 0 Å². The molecule has 0 spiro atoms. The second-order valence-corrected chi connectivity index (χ2v) is 3.52. The molecule has 0 heterocycles. The van der Waals surface area contributed by atoms with Crippen LogP contribution in [-0.4, -0.2) is 5.71 Å². The molecule has 0 bridgehead atoms. The first kappa shape index (κ1) is 11.6. The lowest BCUT2D eigenvalue weighted by Gasteiger charge is -2.08. The van der Waals surface area contributed by atoms with Crippen LogP contribution >= 0.6 is 15.9 Å². The average molecular weight is 276 g/mol. The molecule has 6 heteroatoms. The fraction of sp³-hybridized carbons (Fsp3) is 0. The van der Waals surface area contributed by atoms with Crippen LogP contribution in [0, 0.1) is 17.0 Å². The summed E-state index contributed by atoms with van der Waals surface area (Å²) in [5.74, 6) is -1.71. The molecule has 0 aromatic heterocycles. The van der Waals surface area contributed by atoms with Gasteiger partial charge in [-0.25, -0.2) is 8.78 Å². The lowest BCUT2D eigenvalue weighted by atomic mass is 10.1. The number of rotatable bonds is 2. The molecule has 0 radical (unpaired) electrons. The highest BCUT2D eigenvalue weighted by Gasteiger charge is 2.17. The number of hydrogen-bond acceptors (Lipinski definition) is 3. The first-order valence-corrected chi connectivity index (χ1v) is 4.68. The van der Waals surface area contributed by atoms with Gasteiger partial charge >= 0.3 is 0 Å². The number of benzene rings is 1. The second kappa shape index (κ2) is 4.39. The minimum absolute atomic E-state index is 0.142. The van der Waals surface area contributed by atoms with E-state index >= 15 is 0 Å². The zero-order valence-corrected chi connectivity index (χ0v) is 9.11. The predicted molar refractivity (Wildman–Crippen MR) is 58.6 cm³/mol. The maximum absolute atomic E-state index is 13.5. The number of halogens is 3. The average Bonchev–Trinajstić information content (AvgIpc) is 2.15. The summed E-state index contributed by atoms with van der Waals surface area (Å²) in [4.78, 5) is 0. The van der Waals surface area contributed by atoms with Crippen LogP contribution in [0.2, 0.25) is 0 Å². The normalized spacial score (nSPS) is 10.9. The van der Waals surface area contributed by atoms with Gasteiger partial charge in [0.15, 0.2) is 5.82 Å². The summed E-state index contributed by atoms with van der Waals surface area (Å²) >= 11 is 2.73. The largest absolute Gasteiger partial charge is 0.405 e. The monoisotopic (exact) mass is 275 g/mol. The highest BCUT2D eigenvalue weighted by molar-refractivity contribution is 9.10. The molecule has 0 saturated carbocycles. The van der Waals surface area contributed by atoms with Gasteiger partial charge in [0.05, 0.1) is 15.7 Å². The van der Waals surface area contributed by atoms with E-state index < -0.39 is 11.6 Å². The van der Waals surface area contributed by atoms with E-state index in [1.165, 1.54) is 6.08 Å². The Morgan fingerprint density at radius 1 is 1.47 bits per heavy atom. The van der Waals surface area contributed by atoms with Crippen molar-refractivity contribution in [3.05, 3.63) is 40.0 Å². The molecule has 0 saturated heterocycles. The summed E-state index contributed by atoms with van der Waals surface area (Å²) in [7, 11) is 0. The van der Waals surface area contributed by atoms with Crippen molar-refractivity contribution in [2.75, 3.05) is 5.73 Å². The quantitative estimate of drug-likeness (QED) is 0.440. The van der Waals surface area contributed by atoms with E-state index in [1.807, 2.05) is 0 Å². The highest BCUT2D eigenvalue weighted by atomic mass is 79.9. The van der Waals surface area contributed by atoms with E-state index in [0.717, 1.165) is 12.3 Å². The maximum atomic E-state index is 13.5. The Morgan fingerprint density at radius 2 is 2.07 bits per heavy atom. The Kier molecular flexibility index (Phi) is 3.41. The van der Waals surface area contributed by atoms with Crippen molar-refractivity contribution in [2.24, 2.45) is 5.73 Å². The molecular weight excluding hydrogens is 268 g/mol. The van der Waals surface area contributed by atoms with Gasteiger partial charge in [-0.15, -0.1) is 0 Å². The molecule has 1 aromatic rings. The Balaban J connectivity index is 3.42. The van der Waals surface area contributed by atoms with Gasteiger partial charge in [-0.3, -0.25) is 0 Å². The first-order valence-electron chi connectivity index (χ1n) is 3.89. The zero-order valence-electron chi connectivity index (χ0n) is 7.52. The summed E-state index contributed by atoms with van der Waals surface area (Å²) < 4.78 is 26.2. The van der Waals surface area contributed by atoms with E-state index in [-0.39, 0.29) is 21.4 Å². The minimum atomic E-state index is -0.907. The van der Waals surface area contributed by atoms with E-state index in [2.05, 4.69) is 15.9 Å². The van der Waals surface area contributed by atoms with Crippen LogP contribution in [0.15, 0.2) is 22.8 Å². The van der Waals surface area contributed by atoms with Crippen molar-refractivity contribution in [3.8, 4) is 0 Å².